The lowest BCUT2D eigenvalue weighted by molar-refractivity contribution is 0.432. The lowest BCUT2D eigenvalue weighted by Gasteiger charge is -2.21. The SMILES string of the molecule is O=S(=O)(c1ccccc1-c1ccccc1)N1CCCNCC1. The van der Waals surface area contributed by atoms with Gasteiger partial charge >= 0.3 is 0 Å². The van der Waals surface area contributed by atoms with Crippen molar-refractivity contribution in [1.82, 2.24) is 9.62 Å². The molecule has 2 aromatic carbocycles. The van der Waals surface area contributed by atoms with Crippen LogP contribution in [-0.4, -0.2) is 38.9 Å². The van der Waals surface area contributed by atoms with Gasteiger partial charge in [0.15, 0.2) is 0 Å². The fourth-order valence-electron chi connectivity index (χ4n) is 2.75. The zero-order valence-electron chi connectivity index (χ0n) is 12.4. The van der Waals surface area contributed by atoms with E-state index in [4.69, 9.17) is 0 Å². The third-order valence-corrected chi connectivity index (χ3v) is 5.85. The standard InChI is InChI=1S/C17H20N2O2S/c20-22(21,19-13-6-11-18-12-14-19)17-10-5-4-9-16(17)15-7-2-1-3-8-15/h1-5,7-10,18H,6,11-14H2. The number of hydrogen-bond donors (Lipinski definition) is 1. The minimum atomic E-state index is -3.47. The molecule has 0 spiro atoms. The maximum atomic E-state index is 13.0. The van der Waals surface area contributed by atoms with Gasteiger partial charge in [-0.15, -0.1) is 0 Å². The fourth-order valence-corrected chi connectivity index (χ4v) is 4.44. The monoisotopic (exact) mass is 316 g/mol. The van der Waals surface area contributed by atoms with E-state index in [0.29, 0.717) is 24.5 Å². The molecule has 1 heterocycles. The van der Waals surface area contributed by atoms with Crippen molar-refractivity contribution in [3.8, 4) is 11.1 Å². The van der Waals surface area contributed by atoms with Gasteiger partial charge in [-0.2, -0.15) is 4.31 Å². The Labute approximate surface area is 131 Å². The summed E-state index contributed by atoms with van der Waals surface area (Å²) in [6.45, 7) is 2.66. The molecule has 2 aromatic rings. The number of sulfonamides is 1. The molecule has 0 saturated carbocycles. The van der Waals surface area contributed by atoms with Crippen LogP contribution in [0, 0.1) is 0 Å². The van der Waals surface area contributed by atoms with Crippen molar-refractivity contribution in [3.63, 3.8) is 0 Å². The van der Waals surface area contributed by atoms with Crippen LogP contribution in [0.5, 0.6) is 0 Å². The molecule has 0 atom stereocenters. The highest BCUT2D eigenvalue weighted by Gasteiger charge is 2.27. The quantitative estimate of drug-likeness (QED) is 0.945. The van der Waals surface area contributed by atoms with Gasteiger partial charge in [0.05, 0.1) is 4.90 Å². The maximum absolute atomic E-state index is 13.0. The zero-order valence-corrected chi connectivity index (χ0v) is 13.2. The van der Waals surface area contributed by atoms with E-state index in [1.165, 1.54) is 0 Å². The van der Waals surface area contributed by atoms with E-state index in [9.17, 15) is 8.42 Å². The first kappa shape index (κ1) is 15.2. The first-order valence-electron chi connectivity index (χ1n) is 7.55. The fraction of sp³-hybridized carbons (Fsp3) is 0.294. The van der Waals surface area contributed by atoms with Crippen LogP contribution < -0.4 is 5.32 Å². The molecule has 22 heavy (non-hydrogen) atoms. The minimum Gasteiger partial charge on any atom is -0.315 e. The predicted molar refractivity (Wildman–Crippen MR) is 88.1 cm³/mol. The Morgan fingerprint density at radius 2 is 1.59 bits per heavy atom. The van der Waals surface area contributed by atoms with Gasteiger partial charge in [-0.3, -0.25) is 0 Å². The summed E-state index contributed by atoms with van der Waals surface area (Å²) in [5.41, 5.74) is 1.69. The molecule has 0 bridgehead atoms. The first-order valence-corrected chi connectivity index (χ1v) is 8.99. The van der Waals surface area contributed by atoms with Crippen molar-refractivity contribution in [2.75, 3.05) is 26.2 Å². The summed E-state index contributed by atoms with van der Waals surface area (Å²) in [6.07, 6.45) is 0.840. The first-order chi connectivity index (χ1) is 10.7. The minimum absolute atomic E-state index is 0.392. The molecule has 4 nitrogen and oxygen atoms in total. The highest BCUT2D eigenvalue weighted by atomic mass is 32.2. The van der Waals surface area contributed by atoms with Gasteiger partial charge in [-0.05, 0) is 24.6 Å². The summed E-state index contributed by atoms with van der Waals surface area (Å²) in [6, 6.07) is 16.9. The Bertz CT molecular complexity index is 721. The van der Waals surface area contributed by atoms with Gasteiger partial charge in [0.2, 0.25) is 10.0 Å². The van der Waals surface area contributed by atoms with Crippen molar-refractivity contribution in [3.05, 3.63) is 54.6 Å². The van der Waals surface area contributed by atoms with Crippen molar-refractivity contribution in [1.29, 1.82) is 0 Å². The summed E-state index contributed by atoms with van der Waals surface area (Å²) in [5.74, 6) is 0. The number of nitrogens with one attached hydrogen (secondary N) is 1. The molecule has 1 aliphatic heterocycles. The van der Waals surface area contributed by atoms with Gasteiger partial charge in [0.25, 0.3) is 0 Å². The highest BCUT2D eigenvalue weighted by molar-refractivity contribution is 7.89. The van der Waals surface area contributed by atoms with E-state index in [1.807, 2.05) is 42.5 Å². The molecule has 0 aromatic heterocycles. The molecule has 1 N–H and O–H groups in total. The third-order valence-electron chi connectivity index (χ3n) is 3.89. The van der Waals surface area contributed by atoms with Crippen LogP contribution in [0.25, 0.3) is 11.1 Å². The second kappa shape index (κ2) is 6.60. The Hall–Kier alpha value is -1.69. The second-order valence-electron chi connectivity index (χ2n) is 5.37. The molecule has 116 valence electrons. The Kier molecular flexibility index (Phi) is 4.57. The maximum Gasteiger partial charge on any atom is 0.243 e. The normalized spacial score (nSPS) is 17.1. The van der Waals surface area contributed by atoms with Crippen LogP contribution in [0.4, 0.5) is 0 Å². The van der Waals surface area contributed by atoms with Gasteiger partial charge in [-0.1, -0.05) is 48.5 Å². The van der Waals surface area contributed by atoms with Crippen LogP contribution in [0.1, 0.15) is 6.42 Å². The average Bonchev–Trinajstić information content (AvgIpc) is 2.85. The van der Waals surface area contributed by atoms with Crippen molar-refractivity contribution < 1.29 is 8.42 Å². The van der Waals surface area contributed by atoms with Gasteiger partial charge in [0, 0.05) is 25.2 Å². The molecular weight excluding hydrogens is 296 g/mol. The van der Waals surface area contributed by atoms with Crippen molar-refractivity contribution >= 4 is 10.0 Å². The van der Waals surface area contributed by atoms with Crippen LogP contribution in [0.3, 0.4) is 0 Å². The number of hydrogen-bond acceptors (Lipinski definition) is 3. The summed E-state index contributed by atoms with van der Waals surface area (Å²) < 4.78 is 27.7. The molecule has 1 fully saturated rings. The molecule has 5 heteroatoms. The van der Waals surface area contributed by atoms with Gasteiger partial charge in [-0.25, -0.2) is 8.42 Å². The smallest absolute Gasteiger partial charge is 0.243 e. The molecule has 0 aliphatic carbocycles. The Morgan fingerprint density at radius 1 is 0.864 bits per heavy atom. The van der Waals surface area contributed by atoms with Crippen LogP contribution in [-0.2, 0) is 10.0 Å². The van der Waals surface area contributed by atoms with Crippen molar-refractivity contribution in [2.45, 2.75) is 11.3 Å². The molecule has 3 rings (SSSR count). The molecule has 0 amide bonds. The number of rotatable bonds is 3. The Balaban J connectivity index is 2.04. The lowest BCUT2D eigenvalue weighted by Crippen LogP contribution is -2.34. The average molecular weight is 316 g/mol. The van der Waals surface area contributed by atoms with E-state index in [0.717, 1.165) is 24.1 Å². The summed E-state index contributed by atoms with van der Waals surface area (Å²) in [5, 5.41) is 3.24. The summed E-state index contributed by atoms with van der Waals surface area (Å²) in [4.78, 5) is 0.392. The third kappa shape index (κ3) is 3.06. The van der Waals surface area contributed by atoms with Crippen LogP contribution >= 0.6 is 0 Å². The topological polar surface area (TPSA) is 49.4 Å². The van der Waals surface area contributed by atoms with E-state index in [2.05, 4.69) is 5.32 Å². The molecule has 1 saturated heterocycles. The van der Waals surface area contributed by atoms with E-state index >= 15 is 0 Å². The van der Waals surface area contributed by atoms with Crippen LogP contribution in [0.2, 0.25) is 0 Å². The van der Waals surface area contributed by atoms with Crippen molar-refractivity contribution in [2.24, 2.45) is 0 Å². The summed E-state index contributed by atoms with van der Waals surface area (Å²) >= 11 is 0. The molecule has 0 unspecified atom stereocenters. The van der Waals surface area contributed by atoms with Gasteiger partial charge in [0.1, 0.15) is 0 Å². The largest absolute Gasteiger partial charge is 0.315 e. The Morgan fingerprint density at radius 3 is 2.41 bits per heavy atom. The van der Waals surface area contributed by atoms with E-state index in [1.54, 1.807) is 16.4 Å². The number of benzene rings is 2. The van der Waals surface area contributed by atoms with E-state index < -0.39 is 10.0 Å². The van der Waals surface area contributed by atoms with Crippen LogP contribution in [0.15, 0.2) is 59.5 Å². The molecular formula is C17H20N2O2S. The summed E-state index contributed by atoms with van der Waals surface area (Å²) in [7, 11) is -3.47. The van der Waals surface area contributed by atoms with Gasteiger partial charge < -0.3 is 5.32 Å². The second-order valence-corrected chi connectivity index (χ2v) is 7.28. The molecule has 1 aliphatic rings. The highest BCUT2D eigenvalue weighted by Crippen LogP contribution is 2.29. The van der Waals surface area contributed by atoms with E-state index in [-0.39, 0.29) is 0 Å². The zero-order chi connectivity index (χ0) is 15.4. The lowest BCUT2D eigenvalue weighted by atomic mass is 10.1. The number of nitrogens with zero attached hydrogens (tertiary/aromatic N) is 1. The molecule has 0 radical (unpaired) electrons. The predicted octanol–water partition coefficient (Wildman–Crippen LogP) is 2.34.